The van der Waals surface area contributed by atoms with Crippen LogP contribution in [0.2, 0.25) is 0 Å². The topological polar surface area (TPSA) is 81.9 Å². The average molecular weight is 352 g/mol. The first-order valence-corrected chi connectivity index (χ1v) is 7.46. The van der Waals surface area contributed by atoms with Crippen LogP contribution in [-0.2, 0) is 16.1 Å². The summed E-state index contributed by atoms with van der Waals surface area (Å²) in [7, 11) is 0. The number of ether oxygens (including phenoxy) is 1. The number of halogens is 1. The number of hydrogen-bond donors (Lipinski definition) is 1. The molecule has 2 aromatic rings. The highest BCUT2D eigenvalue weighted by Gasteiger charge is 2.23. The number of hydrogen-bond acceptors (Lipinski definition) is 5. The quantitative estimate of drug-likeness (QED) is 0.895. The Morgan fingerprint density at radius 2 is 2.43 bits per heavy atom. The van der Waals surface area contributed by atoms with E-state index in [4.69, 9.17) is 4.74 Å². The minimum Gasteiger partial charge on any atom is -0.368 e. The van der Waals surface area contributed by atoms with Crippen LogP contribution in [0.3, 0.4) is 0 Å². The van der Waals surface area contributed by atoms with Crippen LogP contribution in [0.4, 0.5) is 0 Å². The highest BCUT2D eigenvalue weighted by Crippen LogP contribution is 2.15. The van der Waals surface area contributed by atoms with Crippen molar-refractivity contribution in [2.24, 2.45) is 0 Å². The van der Waals surface area contributed by atoms with Gasteiger partial charge in [0.1, 0.15) is 6.10 Å². The van der Waals surface area contributed by atoms with Gasteiger partial charge >= 0.3 is 0 Å². The normalized spacial score (nSPS) is 17.9. The smallest absolute Gasteiger partial charge is 0.249 e. The van der Waals surface area contributed by atoms with Gasteiger partial charge in [-0.15, -0.1) is 5.10 Å². The lowest BCUT2D eigenvalue weighted by Crippen LogP contribution is -2.34. The number of rotatable bonds is 4. The van der Waals surface area contributed by atoms with Crippen LogP contribution >= 0.6 is 15.9 Å². The highest BCUT2D eigenvalue weighted by atomic mass is 79.9. The van der Waals surface area contributed by atoms with Crippen molar-refractivity contribution in [3.8, 4) is 5.69 Å². The van der Waals surface area contributed by atoms with Crippen molar-refractivity contribution in [1.29, 1.82) is 0 Å². The summed E-state index contributed by atoms with van der Waals surface area (Å²) in [6.07, 6.45) is 1.34. The Balaban J connectivity index is 1.69. The fourth-order valence-electron chi connectivity index (χ4n) is 2.19. The zero-order valence-electron chi connectivity index (χ0n) is 11.2. The molecule has 0 saturated carbocycles. The lowest BCUT2D eigenvalue weighted by molar-refractivity contribution is -0.130. The van der Waals surface area contributed by atoms with Crippen LogP contribution in [0.1, 0.15) is 18.7 Å². The maximum Gasteiger partial charge on any atom is 0.249 e. The number of aromatic nitrogens is 4. The standard InChI is InChI=1S/C13H14BrN5O2/c14-9-3-1-4-10(7-9)19-12(16-17-18-19)8-15-13(20)11-5-2-6-21-11/h1,3-4,7,11H,2,5-6,8H2,(H,15,20). The fourth-order valence-corrected chi connectivity index (χ4v) is 2.58. The number of benzene rings is 1. The predicted molar refractivity (Wildman–Crippen MR) is 77.7 cm³/mol. The molecule has 0 radical (unpaired) electrons. The van der Waals surface area contributed by atoms with Crippen LogP contribution in [0.15, 0.2) is 28.7 Å². The number of tetrazole rings is 1. The van der Waals surface area contributed by atoms with Crippen molar-refractivity contribution in [1.82, 2.24) is 25.5 Å². The number of amides is 1. The minimum absolute atomic E-state index is 0.115. The largest absolute Gasteiger partial charge is 0.368 e. The molecular formula is C13H14BrN5O2. The Morgan fingerprint density at radius 1 is 1.52 bits per heavy atom. The van der Waals surface area contributed by atoms with E-state index in [1.165, 1.54) is 0 Å². The highest BCUT2D eigenvalue weighted by molar-refractivity contribution is 9.10. The zero-order valence-corrected chi connectivity index (χ0v) is 12.8. The van der Waals surface area contributed by atoms with Crippen molar-refractivity contribution in [2.75, 3.05) is 6.61 Å². The summed E-state index contributed by atoms with van der Waals surface area (Å²) in [6.45, 7) is 0.909. The van der Waals surface area contributed by atoms with Crippen molar-refractivity contribution in [2.45, 2.75) is 25.5 Å². The van der Waals surface area contributed by atoms with Gasteiger partial charge in [0.25, 0.3) is 0 Å². The second-order valence-corrected chi connectivity index (χ2v) is 5.62. The second-order valence-electron chi connectivity index (χ2n) is 4.71. The maximum absolute atomic E-state index is 11.9. The van der Waals surface area contributed by atoms with E-state index >= 15 is 0 Å². The molecule has 1 aliphatic rings. The number of nitrogens with one attached hydrogen (secondary N) is 1. The third-order valence-electron chi connectivity index (χ3n) is 3.23. The molecule has 1 aliphatic heterocycles. The molecule has 1 atom stereocenters. The molecule has 7 nitrogen and oxygen atoms in total. The monoisotopic (exact) mass is 351 g/mol. The first-order valence-electron chi connectivity index (χ1n) is 6.66. The molecule has 1 fully saturated rings. The van der Waals surface area contributed by atoms with Crippen molar-refractivity contribution < 1.29 is 9.53 Å². The van der Waals surface area contributed by atoms with Crippen LogP contribution in [0, 0.1) is 0 Å². The Hall–Kier alpha value is -1.80. The number of carbonyl (C=O) groups is 1. The molecule has 1 N–H and O–H groups in total. The average Bonchev–Trinajstić information content (AvgIpc) is 3.16. The lowest BCUT2D eigenvalue weighted by Gasteiger charge is -2.10. The summed E-state index contributed by atoms with van der Waals surface area (Å²) in [5, 5.41) is 14.4. The van der Waals surface area contributed by atoms with Crippen molar-refractivity contribution >= 4 is 21.8 Å². The van der Waals surface area contributed by atoms with E-state index in [9.17, 15) is 4.79 Å². The van der Waals surface area contributed by atoms with Crippen molar-refractivity contribution in [3.63, 3.8) is 0 Å². The molecular weight excluding hydrogens is 338 g/mol. The molecule has 3 rings (SSSR count). The Morgan fingerprint density at radius 3 is 3.19 bits per heavy atom. The van der Waals surface area contributed by atoms with E-state index in [1.807, 2.05) is 24.3 Å². The maximum atomic E-state index is 11.9. The van der Waals surface area contributed by atoms with Gasteiger partial charge in [-0.1, -0.05) is 22.0 Å². The second kappa shape index (κ2) is 6.31. The van der Waals surface area contributed by atoms with Gasteiger partial charge in [-0.05, 0) is 41.5 Å². The molecule has 2 heterocycles. The molecule has 0 aliphatic carbocycles. The first kappa shape index (κ1) is 14.2. The Bertz CT molecular complexity index is 639. The van der Waals surface area contributed by atoms with Gasteiger partial charge in [0.15, 0.2) is 5.82 Å². The van der Waals surface area contributed by atoms with Crippen LogP contribution in [0.5, 0.6) is 0 Å². The van der Waals surface area contributed by atoms with Gasteiger partial charge in [0.05, 0.1) is 12.2 Å². The van der Waals surface area contributed by atoms with Crippen molar-refractivity contribution in [3.05, 3.63) is 34.6 Å². The third kappa shape index (κ3) is 3.27. The molecule has 8 heteroatoms. The number of carbonyl (C=O) groups excluding carboxylic acids is 1. The van der Waals surface area contributed by atoms with E-state index in [0.29, 0.717) is 12.4 Å². The summed E-state index contributed by atoms with van der Waals surface area (Å²) < 4.78 is 7.87. The zero-order chi connectivity index (χ0) is 14.7. The van der Waals surface area contributed by atoms with Crippen LogP contribution < -0.4 is 5.32 Å². The number of nitrogens with zero attached hydrogens (tertiary/aromatic N) is 4. The minimum atomic E-state index is -0.347. The molecule has 1 aromatic carbocycles. The summed E-state index contributed by atoms with van der Waals surface area (Å²) in [5.74, 6) is 0.454. The summed E-state index contributed by atoms with van der Waals surface area (Å²) in [6, 6.07) is 7.62. The summed E-state index contributed by atoms with van der Waals surface area (Å²) >= 11 is 3.41. The van der Waals surface area contributed by atoms with Gasteiger partial charge in [-0.3, -0.25) is 4.79 Å². The molecule has 1 unspecified atom stereocenters. The molecule has 0 bridgehead atoms. The molecule has 1 aromatic heterocycles. The Labute approximate surface area is 129 Å². The van der Waals surface area contributed by atoms with E-state index in [0.717, 1.165) is 23.0 Å². The van der Waals surface area contributed by atoms with Gasteiger partial charge in [0.2, 0.25) is 5.91 Å². The molecule has 1 saturated heterocycles. The third-order valence-corrected chi connectivity index (χ3v) is 3.72. The molecule has 21 heavy (non-hydrogen) atoms. The van der Waals surface area contributed by atoms with E-state index in [1.54, 1.807) is 4.68 Å². The molecule has 0 spiro atoms. The van der Waals surface area contributed by atoms with Gasteiger partial charge < -0.3 is 10.1 Å². The first-order chi connectivity index (χ1) is 10.2. The van der Waals surface area contributed by atoms with Crippen LogP contribution in [0.25, 0.3) is 5.69 Å². The fraction of sp³-hybridized carbons (Fsp3) is 0.385. The summed E-state index contributed by atoms with van der Waals surface area (Å²) in [4.78, 5) is 11.9. The van der Waals surface area contributed by atoms with E-state index in [2.05, 4.69) is 36.8 Å². The molecule has 1 amide bonds. The molecule has 110 valence electrons. The predicted octanol–water partition coefficient (Wildman–Crippen LogP) is 1.22. The SMILES string of the molecule is O=C(NCc1nnnn1-c1cccc(Br)c1)C1CCCO1. The lowest BCUT2D eigenvalue weighted by atomic mass is 10.2. The van der Waals surface area contributed by atoms with Gasteiger partial charge in [-0.25, -0.2) is 0 Å². The Kier molecular flexibility index (Phi) is 4.26. The summed E-state index contributed by atoms with van der Waals surface area (Å²) in [5.41, 5.74) is 0.829. The van der Waals surface area contributed by atoms with E-state index in [-0.39, 0.29) is 18.6 Å². The van der Waals surface area contributed by atoms with Gasteiger partial charge in [0, 0.05) is 11.1 Å². The van der Waals surface area contributed by atoms with E-state index < -0.39 is 0 Å². The van der Waals surface area contributed by atoms with Crippen LogP contribution in [-0.4, -0.2) is 38.8 Å². The van der Waals surface area contributed by atoms with Gasteiger partial charge in [-0.2, -0.15) is 4.68 Å².